The molecule has 17 heavy (non-hydrogen) atoms. The van der Waals surface area contributed by atoms with Crippen LogP contribution in [0.3, 0.4) is 0 Å². The fourth-order valence-electron chi connectivity index (χ4n) is 2.17. The molecule has 0 aliphatic heterocycles. The predicted octanol–water partition coefficient (Wildman–Crippen LogP) is 1.96. The van der Waals surface area contributed by atoms with Crippen molar-refractivity contribution in [3.63, 3.8) is 0 Å². The first-order valence-electron chi connectivity index (χ1n) is 7.06. The quantitative estimate of drug-likeness (QED) is 0.617. The molecule has 1 unspecified atom stereocenters. The van der Waals surface area contributed by atoms with Gasteiger partial charge in [0.05, 0.1) is 6.61 Å². The summed E-state index contributed by atoms with van der Waals surface area (Å²) >= 11 is 0. The molecule has 0 saturated heterocycles. The maximum Gasteiger partial charge on any atom is 0.0585 e. The van der Waals surface area contributed by atoms with Crippen LogP contribution in [0.2, 0.25) is 0 Å². The molecule has 104 valence electrons. The number of rotatable bonds is 10. The maximum atomic E-state index is 9.25. The van der Waals surface area contributed by atoms with Gasteiger partial charge in [0.1, 0.15) is 0 Å². The zero-order chi connectivity index (χ0) is 13.3. The van der Waals surface area contributed by atoms with Crippen LogP contribution in [0.4, 0.5) is 0 Å². The van der Waals surface area contributed by atoms with E-state index in [-0.39, 0.29) is 12.6 Å². The molecule has 0 fully saturated rings. The normalized spacial score (nSPS) is 13.9. The van der Waals surface area contributed by atoms with Gasteiger partial charge in [0.25, 0.3) is 0 Å². The summed E-state index contributed by atoms with van der Waals surface area (Å²) in [5.74, 6) is 1.42. The molecule has 0 rings (SSSR count). The van der Waals surface area contributed by atoms with Crippen molar-refractivity contribution in [2.24, 2.45) is 11.8 Å². The first-order valence-corrected chi connectivity index (χ1v) is 7.06. The summed E-state index contributed by atoms with van der Waals surface area (Å²) in [6.07, 6.45) is 1.03. The van der Waals surface area contributed by atoms with Crippen LogP contribution in [0.5, 0.6) is 0 Å². The van der Waals surface area contributed by atoms with Gasteiger partial charge in [-0.05, 0) is 31.3 Å². The predicted molar refractivity (Wildman–Crippen MR) is 75.3 cm³/mol. The first kappa shape index (κ1) is 16.9. The van der Waals surface area contributed by atoms with Crippen molar-refractivity contribution in [3.05, 3.63) is 0 Å². The van der Waals surface area contributed by atoms with Crippen molar-refractivity contribution < 1.29 is 5.11 Å². The highest BCUT2D eigenvalue weighted by Crippen LogP contribution is 2.05. The van der Waals surface area contributed by atoms with Crippen molar-refractivity contribution in [3.8, 4) is 0 Å². The average Bonchev–Trinajstić information content (AvgIpc) is 2.22. The summed E-state index contributed by atoms with van der Waals surface area (Å²) in [5.41, 5.74) is 0. The Morgan fingerprint density at radius 1 is 1.06 bits per heavy atom. The van der Waals surface area contributed by atoms with Crippen molar-refractivity contribution in [1.29, 1.82) is 0 Å². The molecule has 1 atom stereocenters. The highest BCUT2D eigenvalue weighted by molar-refractivity contribution is 4.69. The maximum absolute atomic E-state index is 9.25. The molecule has 2 N–H and O–H groups in total. The van der Waals surface area contributed by atoms with Crippen molar-refractivity contribution in [2.75, 3.05) is 32.8 Å². The Morgan fingerprint density at radius 2 is 1.59 bits per heavy atom. The lowest BCUT2D eigenvalue weighted by molar-refractivity contribution is 0.184. The SMILES string of the molecule is CCNC(CO)CCN(CC(C)C)CC(C)C. The van der Waals surface area contributed by atoms with Gasteiger partial charge in [0.15, 0.2) is 0 Å². The van der Waals surface area contributed by atoms with Crippen molar-refractivity contribution in [2.45, 2.75) is 47.1 Å². The van der Waals surface area contributed by atoms with Gasteiger partial charge in [-0.25, -0.2) is 0 Å². The van der Waals surface area contributed by atoms with E-state index in [9.17, 15) is 5.11 Å². The smallest absolute Gasteiger partial charge is 0.0585 e. The minimum Gasteiger partial charge on any atom is -0.395 e. The molecule has 0 aromatic rings. The molecule has 0 saturated carbocycles. The van der Waals surface area contributed by atoms with Gasteiger partial charge in [-0.3, -0.25) is 0 Å². The lowest BCUT2D eigenvalue weighted by Crippen LogP contribution is -2.39. The molecule has 0 spiro atoms. The standard InChI is InChI=1S/C14H32N2O/c1-6-15-14(11-17)7-8-16(9-12(2)3)10-13(4)5/h12-15,17H,6-11H2,1-5H3. The van der Waals surface area contributed by atoms with E-state index in [0.717, 1.165) is 32.6 Å². The molecule has 0 aliphatic carbocycles. The molecule has 0 aromatic carbocycles. The van der Waals surface area contributed by atoms with E-state index >= 15 is 0 Å². The third-order valence-electron chi connectivity index (χ3n) is 2.75. The minimum atomic E-state index is 0.241. The molecule has 3 nitrogen and oxygen atoms in total. The number of hydrogen-bond donors (Lipinski definition) is 2. The van der Waals surface area contributed by atoms with Crippen LogP contribution >= 0.6 is 0 Å². The van der Waals surface area contributed by atoms with Gasteiger partial charge >= 0.3 is 0 Å². The molecule has 0 amide bonds. The molecule has 0 heterocycles. The fraction of sp³-hybridized carbons (Fsp3) is 1.00. The van der Waals surface area contributed by atoms with E-state index in [4.69, 9.17) is 0 Å². The van der Waals surface area contributed by atoms with E-state index in [0.29, 0.717) is 11.8 Å². The molecule has 0 aromatic heterocycles. The van der Waals surface area contributed by atoms with Crippen LogP contribution in [0.25, 0.3) is 0 Å². The summed E-state index contributed by atoms with van der Waals surface area (Å²) in [5, 5.41) is 12.6. The second-order valence-electron chi connectivity index (χ2n) is 5.77. The van der Waals surface area contributed by atoms with Gasteiger partial charge in [0, 0.05) is 19.1 Å². The van der Waals surface area contributed by atoms with Gasteiger partial charge in [-0.1, -0.05) is 34.6 Å². The minimum absolute atomic E-state index is 0.241. The number of likely N-dealkylation sites (N-methyl/N-ethyl adjacent to an activating group) is 1. The largest absolute Gasteiger partial charge is 0.395 e. The van der Waals surface area contributed by atoms with Crippen LogP contribution in [-0.4, -0.2) is 48.8 Å². The topological polar surface area (TPSA) is 35.5 Å². The number of nitrogens with one attached hydrogen (secondary N) is 1. The Labute approximate surface area is 108 Å². The van der Waals surface area contributed by atoms with E-state index < -0.39 is 0 Å². The average molecular weight is 244 g/mol. The fourth-order valence-corrected chi connectivity index (χ4v) is 2.17. The lowest BCUT2D eigenvalue weighted by atomic mass is 10.1. The molecule has 3 heteroatoms. The third-order valence-corrected chi connectivity index (χ3v) is 2.75. The first-order chi connectivity index (χ1) is 7.99. The zero-order valence-electron chi connectivity index (χ0n) is 12.4. The summed E-state index contributed by atoms with van der Waals surface area (Å²) in [7, 11) is 0. The highest BCUT2D eigenvalue weighted by atomic mass is 16.3. The summed E-state index contributed by atoms with van der Waals surface area (Å²) in [6, 6.07) is 0.252. The summed E-state index contributed by atoms with van der Waals surface area (Å²) in [6.45, 7) is 15.7. The molecule has 0 radical (unpaired) electrons. The Hall–Kier alpha value is -0.120. The molecular weight excluding hydrogens is 212 g/mol. The monoisotopic (exact) mass is 244 g/mol. The van der Waals surface area contributed by atoms with Crippen LogP contribution in [-0.2, 0) is 0 Å². The highest BCUT2D eigenvalue weighted by Gasteiger charge is 2.12. The second-order valence-corrected chi connectivity index (χ2v) is 5.77. The van der Waals surface area contributed by atoms with Gasteiger partial charge in [-0.2, -0.15) is 0 Å². The van der Waals surface area contributed by atoms with E-state index in [1.807, 2.05) is 0 Å². The van der Waals surface area contributed by atoms with Gasteiger partial charge < -0.3 is 15.3 Å². The second kappa shape index (κ2) is 9.86. The number of nitrogens with zero attached hydrogens (tertiary/aromatic N) is 1. The Morgan fingerprint density at radius 3 is 1.94 bits per heavy atom. The summed E-state index contributed by atoms with van der Waals surface area (Å²) < 4.78 is 0. The molecule has 0 bridgehead atoms. The Kier molecular flexibility index (Phi) is 9.79. The van der Waals surface area contributed by atoms with Crippen LogP contribution in [0, 0.1) is 11.8 Å². The van der Waals surface area contributed by atoms with Crippen molar-refractivity contribution >= 4 is 0 Å². The molecule has 0 aliphatic rings. The van der Waals surface area contributed by atoms with Gasteiger partial charge in [-0.15, -0.1) is 0 Å². The van der Waals surface area contributed by atoms with E-state index in [2.05, 4.69) is 44.8 Å². The third kappa shape index (κ3) is 9.57. The van der Waals surface area contributed by atoms with Crippen LogP contribution < -0.4 is 5.32 Å². The lowest BCUT2D eigenvalue weighted by Gasteiger charge is -2.27. The zero-order valence-corrected chi connectivity index (χ0v) is 12.4. The Balaban J connectivity index is 4.03. The number of aliphatic hydroxyl groups is 1. The number of hydrogen-bond acceptors (Lipinski definition) is 3. The Bertz CT molecular complexity index is 162. The summed E-state index contributed by atoms with van der Waals surface area (Å²) in [4.78, 5) is 2.52. The van der Waals surface area contributed by atoms with Gasteiger partial charge in [0.2, 0.25) is 0 Å². The number of aliphatic hydroxyl groups excluding tert-OH is 1. The molecular formula is C14H32N2O. The van der Waals surface area contributed by atoms with Crippen LogP contribution in [0.15, 0.2) is 0 Å². The van der Waals surface area contributed by atoms with Crippen LogP contribution in [0.1, 0.15) is 41.0 Å². The van der Waals surface area contributed by atoms with E-state index in [1.54, 1.807) is 0 Å². The van der Waals surface area contributed by atoms with Crippen molar-refractivity contribution in [1.82, 2.24) is 10.2 Å². The van der Waals surface area contributed by atoms with E-state index in [1.165, 1.54) is 0 Å².